The van der Waals surface area contributed by atoms with Crippen LogP contribution in [-0.2, 0) is 0 Å². The summed E-state index contributed by atoms with van der Waals surface area (Å²) in [6.45, 7) is 1.79. The fourth-order valence-electron chi connectivity index (χ4n) is 1.25. The van der Waals surface area contributed by atoms with Crippen LogP contribution in [0.5, 0.6) is 0 Å². The Morgan fingerprint density at radius 3 is 2.82 bits per heavy atom. The number of rotatable bonds is 2. The number of carbonyl (C=O) groups excluding carboxylic acids is 1. The summed E-state index contributed by atoms with van der Waals surface area (Å²) >= 11 is 13.0. The second kappa shape index (κ2) is 5.00. The summed E-state index contributed by atoms with van der Waals surface area (Å²) in [6, 6.07) is 1.63. The third kappa shape index (κ3) is 2.74. The van der Waals surface area contributed by atoms with Gasteiger partial charge in [0.15, 0.2) is 5.15 Å². The predicted octanol–water partition coefficient (Wildman–Crippen LogP) is 3.41. The van der Waals surface area contributed by atoms with Gasteiger partial charge in [0.05, 0.1) is 11.2 Å². The smallest absolute Gasteiger partial charge is 0.275 e. The number of amides is 1. The van der Waals surface area contributed by atoms with E-state index in [1.807, 2.05) is 0 Å². The van der Waals surface area contributed by atoms with E-state index in [4.69, 9.17) is 23.2 Å². The molecule has 0 aromatic carbocycles. The first-order chi connectivity index (χ1) is 8.08. The Bertz CT molecular complexity index is 534. The second-order valence-electron chi connectivity index (χ2n) is 3.26. The molecule has 0 spiro atoms. The monoisotopic (exact) mass is 287 g/mol. The average molecular weight is 288 g/mol. The Hall–Kier alpha value is -1.17. The molecule has 0 radical (unpaired) electrons. The maximum absolute atomic E-state index is 11.8. The molecule has 17 heavy (non-hydrogen) atoms. The first-order valence-electron chi connectivity index (χ1n) is 4.60. The van der Waals surface area contributed by atoms with E-state index in [1.54, 1.807) is 23.9 Å². The van der Waals surface area contributed by atoms with E-state index in [0.717, 1.165) is 5.56 Å². The molecule has 0 saturated carbocycles. The number of thiazole rings is 1. The van der Waals surface area contributed by atoms with Crippen molar-refractivity contribution in [3.05, 3.63) is 38.5 Å². The Morgan fingerprint density at radius 2 is 2.24 bits per heavy atom. The molecule has 2 rings (SSSR count). The Kier molecular flexibility index (Phi) is 3.61. The van der Waals surface area contributed by atoms with Gasteiger partial charge in [-0.1, -0.05) is 23.2 Å². The SMILES string of the molecule is Cc1cc(Cl)nc(Cl)c1NC(=O)c1cscn1. The maximum Gasteiger partial charge on any atom is 0.275 e. The van der Waals surface area contributed by atoms with E-state index < -0.39 is 0 Å². The highest BCUT2D eigenvalue weighted by Crippen LogP contribution is 2.26. The minimum Gasteiger partial charge on any atom is -0.318 e. The van der Waals surface area contributed by atoms with Crippen molar-refractivity contribution in [2.45, 2.75) is 6.92 Å². The summed E-state index contributed by atoms with van der Waals surface area (Å²) in [7, 11) is 0. The Balaban J connectivity index is 2.28. The Labute approximate surface area is 112 Å². The molecule has 0 fully saturated rings. The molecule has 0 aliphatic heterocycles. The molecule has 88 valence electrons. The van der Waals surface area contributed by atoms with Gasteiger partial charge in [-0.3, -0.25) is 4.79 Å². The van der Waals surface area contributed by atoms with Crippen molar-refractivity contribution in [3.8, 4) is 0 Å². The van der Waals surface area contributed by atoms with Gasteiger partial charge in [-0.15, -0.1) is 11.3 Å². The molecule has 2 aromatic heterocycles. The summed E-state index contributed by atoms with van der Waals surface area (Å²) in [6.07, 6.45) is 0. The van der Waals surface area contributed by atoms with Crippen LogP contribution in [0.15, 0.2) is 17.0 Å². The molecule has 0 bridgehead atoms. The molecule has 0 unspecified atom stereocenters. The van der Waals surface area contributed by atoms with Gasteiger partial charge in [0.1, 0.15) is 10.8 Å². The van der Waals surface area contributed by atoms with Crippen LogP contribution in [0, 0.1) is 6.92 Å². The highest BCUT2D eigenvalue weighted by Gasteiger charge is 2.13. The molecule has 0 aliphatic rings. The summed E-state index contributed by atoms with van der Waals surface area (Å²) in [5, 5.41) is 4.77. The third-order valence-electron chi connectivity index (χ3n) is 2.04. The van der Waals surface area contributed by atoms with Crippen LogP contribution in [0.2, 0.25) is 10.3 Å². The van der Waals surface area contributed by atoms with Crippen LogP contribution in [0.1, 0.15) is 16.1 Å². The van der Waals surface area contributed by atoms with E-state index in [2.05, 4.69) is 15.3 Å². The van der Waals surface area contributed by atoms with Gasteiger partial charge < -0.3 is 5.32 Å². The molecule has 0 aliphatic carbocycles. The topological polar surface area (TPSA) is 54.9 Å². The van der Waals surface area contributed by atoms with Gasteiger partial charge in [0, 0.05) is 5.38 Å². The summed E-state index contributed by atoms with van der Waals surface area (Å²) in [5.74, 6) is -0.319. The number of pyridine rings is 1. The van der Waals surface area contributed by atoms with Crippen molar-refractivity contribution in [1.29, 1.82) is 0 Å². The standard InChI is InChI=1S/C10H7Cl2N3OS/c1-5-2-7(11)14-9(12)8(5)15-10(16)6-3-17-4-13-6/h2-4H,1H3,(H,15,16). The van der Waals surface area contributed by atoms with Crippen LogP contribution in [0.4, 0.5) is 5.69 Å². The molecule has 2 aromatic rings. The average Bonchev–Trinajstić information content (AvgIpc) is 2.76. The van der Waals surface area contributed by atoms with Crippen LogP contribution >= 0.6 is 34.5 Å². The van der Waals surface area contributed by atoms with Crippen molar-refractivity contribution in [2.24, 2.45) is 0 Å². The minimum atomic E-state index is -0.319. The quantitative estimate of drug-likeness (QED) is 0.862. The third-order valence-corrected chi connectivity index (χ3v) is 3.10. The maximum atomic E-state index is 11.8. The fraction of sp³-hybridized carbons (Fsp3) is 0.100. The molecule has 7 heteroatoms. The number of halogens is 2. The fourth-order valence-corrected chi connectivity index (χ4v) is 2.36. The van der Waals surface area contributed by atoms with Gasteiger partial charge in [0.2, 0.25) is 0 Å². The molecule has 2 heterocycles. The number of nitrogens with zero attached hydrogens (tertiary/aromatic N) is 2. The number of hydrogen-bond donors (Lipinski definition) is 1. The number of anilines is 1. The zero-order valence-corrected chi connectivity index (χ0v) is 11.0. The van der Waals surface area contributed by atoms with Gasteiger partial charge >= 0.3 is 0 Å². The van der Waals surface area contributed by atoms with Crippen LogP contribution < -0.4 is 5.32 Å². The van der Waals surface area contributed by atoms with Crippen molar-refractivity contribution >= 4 is 46.1 Å². The Morgan fingerprint density at radius 1 is 1.47 bits per heavy atom. The minimum absolute atomic E-state index is 0.165. The van der Waals surface area contributed by atoms with E-state index in [-0.39, 0.29) is 11.1 Å². The van der Waals surface area contributed by atoms with Crippen molar-refractivity contribution in [3.63, 3.8) is 0 Å². The van der Waals surface area contributed by atoms with Crippen molar-refractivity contribution in [1.82, 2.24) is 9.97 Å². The normalized spacial score (nSPS) is 10.3. The summed E-state index contributed by atoms with van der Waals surface area (Å²) < 4.78 is 0. The van der Waals surface area contributed by atoms with Gasteiger partial charge in [-0.05, 0) is 18.6 Å². The zero-order valence-electron chi connectivity index (χ0n) is 8.70. The zero-order chi connectivity index (χ0) is 12.4. The number of hydrogen-bond acceptors (Lipinski definition) is 4. The molecule has 0 saturated heterocycles. The lowest BCUT2D eigenvalue weighted by Gasteiger charge is -2.08. The van der Waals surface area contributed by atoms with Gasteiger partial charge in [-0.25, -0.2) is 9.97 Å². The predicted molar refractivity (Wildman–Crippen MR) is 69.1 cm³/mol. The number of aromatic nitrogens is 2. The van der Waals surface area contributed by atoms with Gasteiger partial charge in [0.25, 0.3) is 5.91 Å². The molecule has 1 N–H and O–H groups in total. The van der Waals surface area contributed by atoms with Crippen LogP contribution in [0.25, 0.3) is 0 Å². The van der Waals surface area contributed by atoms with E-state index in [0.29, 0.717) is 16.5 Å². The lowest BCUT2D eigenvalue weighted by molar-refractivity contribution is 0.102. The summed E-state index contributed by atoms with van der Waals surface area (Å²) in [4.78, 5) is 19.6. The largest absolute Gasteiger partial charge is 0.318 e. The molecule has 1 amide bonds. The lowest BCUT2D eigenvalue weighted by atomic mass is 10.2. The lowest BCUT2D eigenvalue weighted by Crippen LogP contribution is -2.13. The number of nitrogens with one attached hydrogen (secondary N) is 1. The number of carbonyl (C=O) groups is 1. The number of aryl methyl sites for hydroxylation is 1. The first kappa shape index (κ1) is 12.3. The van der Waals surface area contributed by atoms with Gasteiger partial charge in [-0.2, -0.15) is 0 Å². The summed E-state index contributed by atoms with van der Waals surface area (Å²) in [5.41, 5.74) is 3.14. The molecular weight excluding hydrogens is 281 g/mol. The van der Waals surface area contributed by atoms with Crippen LogP contribution in [-0.4, -0.2) is 15.9 Å². The second-order valence-corrected chi connectivity index (χ2v) is 4.72. The molecule has 4 nitrogen and oxygen atoms in total. The molecule has 0 atom stereocenters. The van der Waals surface area contributed by atoms with Crippen LogP contribution in [0.3, 0.4) is 0 Å². The highest BCUT2D eigenvalue weighted by atomic mass is 35.5. The van der Waals surface area contributed by atoms with Crippen molar-refractivity contribution in [2.75, 3.05) is 5.32 Å². The van der Waals surface area contributed by atoms with E-state index in [9.17, 15) is 4.79 Å². The van der Waals surface area contributed by atoms with E-state index in [1.165, 1.54) is 11.3 Å². The van der Waals surface area contributed by atoms with E-state index >= 15 is 0 Å². The highest BCUT2D eigenvalue weighted by molar-refractivity contribution is 7.07. The first-order valence-corrected chi connectivity index (χ1v) is 6.30. The van der Waals surface area contributed by atoms with Crippen molar-refractivity contribution < 1.29 is 4.79 Å². The molecular formula is C10H7Cl2N3OS.